The van der Waals surface area contributed by atoms with Gasteiger partial charge in [0.15, 0.2) is 0 Å². The molecule has 0 spiro atoms. The van der Waals surface area contributed by atoms with Crippen molar-refractivity contribution in [1.82, 2.24) is 14.9 Å². The number of rotatable bonds is 5. The first-order valence-corrected chi connectivity index (χ1v) is 6.15. The molecule has 96 valence electrons. The number of halogens is 1. The summed E-state index contributed by atoms with van der Waals surface area (Å²) in [6.45, 7) is 3.73. The van der Waals surface area contributed by atoms with E-state index in [0.29, 0.717) is 12.0 Å². The van der Waals surface area contributed by atoms with Crippen molar-refractivity contribution in [3.63, 3.8) is 0 Å². The van der Waals surface area contributed by atoms with E-state index < -0.39 is 0 Å². The maximum absolute atomic E-state index is 13.8. The largest absolute Gasteiger partial charge is 0.338 e. The van der Waals surface area contributed by atoms with Gasteiger partial charge < -0.3 is 9.88 Å². The Balaban J connectivity index is 2.18. The average molecular weight is 247 g/mol. The van der Waals surface area contributed by atoms with Gasteiger partial charge in [0.1, 0.15) is 11.6 Å². The Morgan fingerprint density at radius 2 is 2.22 bits per heavy atom. The molecule has 2 rings (SSSR count). The monoisotopic (exact) mass is 247 g/mol. The SMILES string of the molecule is CCNCc1ccc(F)c(Cc2nccn2C)c1. The fraction of sp³-hybridized carbons (Fsp3) is 0.357. The molecule has 0 fully saturated rings. The standard InChI is InChI=1S/C14H18FN3/c1-3-16-10-11-4-5-13(15)12(8-11)9-14-17-6-7-18(14)2/h4-8,16H,3,9-10H2,1-2H3. The Labute approximate surface area is 107 Å². The predicted molar refractivity (Wildman–Crippen MR) is 69.8 cm³/mol. The second-order valence-electron chi connectivity index (χ2n) is 4.34. The smallest absolute Gasteiger partial charge is 0.126 e. The average Bonchev–Trinajstić information content (AvgIpc) is 2.76. The normalized spacial score (nSPS) is 10.8. The van der Waals surface area contributed by atoms with Crippen LogP contribution in [-0.2, 0) is 20.0 Å². The van der Waals surface area contributed by atoms with E-state index >= 15 is 0 Å². The molecule has 0 radical (unpaired) electrons. The van der Waals surface area contributed by atoms with Crippen molar-refractivity contribution in [1.29, 1.82) is 0 Å². The summed E-state index contributed by atoms with van der Waals surface area (Å²) in [6.07, 6.45) is 4.13. The molecule has 1 N–H and O–H groups in total. The van der Waals surface area contributed by atoms with Gasteiger partial charge in [-0.3, -0.25) is 0 Å². The van der Waals surface area contributed by atoms with Gasteiger partial charge in [-0.15, -0.1) is 0 Å². The molecule has 1 aromatic carbocycles. The predicted octanol–water partition coefficient (Wildman–Crippen LogP) is 2.26. The highest BCUT2D eigenvalue weighted by Gasteiger charge is 2.07. The van der Waals surface area contributed by atoms with Gasteiger partial charge in [0.2, 0.25) is 0 Å². The van der Waals surface area contributed by atoms with Crippen LogP contribution in [0.4, 0.5) is 4.39 Å². The highest BCUT2D eigenvalue weighted by molar-refractivity contribution is 5.27. The van der Waals surface area contributed by atoms with Crippen LogP contribution >= 0.6 is 0 Å². The minimum atomic E-state index is -0.168. The van der Waals surface area contributed by atoms with E-state index in [1.807, 2.05) is 29.9 Å². The molecule has 2 aromatic rings. The fourth-order valence-electron chi connectivity index (χ4n) is 1.88. The topological polar surface area (TPSA) is 29.9 Å². The molecule has 1 heterocycles. The molecule has 4 heteroatoms. The maximum atomic E-state index is 13.8. The first-order valence-electron chi connectivity index (χ1n) is 6.15. The molecule has 0 aliphatic carbocycles. The third kappa shape index (κ3) is 2.96. The van der Waals surface area contributed by atoms with Gasteiger partial charge in [-0.05, 0) is 23.7 Å². The number of hydrogen-bond donors (Lipinski definition) is 1. The van der Waals surface area contributed by atoms with Crippen LogP contribution in [0.25, 0.3) is 0 Å². The quantitative estimate of drug-likeness (QED) is 0.878. The minimum Gasteiger partial charge on any atom is -0.338 e. The maximum Gasteiger partial charge on any atom is 0.126 e. The molecule has 0 unspecified atom stereocenters. The summed E-state index contributed by atoms with van der Waals surface area (Å²) in [4.78, 5) is 4.22. The number of aryl methyl sites for hydroxylation is 1. The Kier molecular flexibility index (Phi) is 4.10. The fourth-order valence-corrected chi connectivity index (χ4v) is 1.88. The van der Waals surface area contributed by atoms with Crippen LogP contribution in [-0.4, -0.2) is 16.1 Å². The summed E-state index contributed by atoms with van der Waals surface area (Å²) >= 11 is 0. The Hall–Kier alpha value is -1.68. The lowest BCUT2D eigenvalue weighted by Gasteiger charge is -2.07. The van der Waals surface area contributed by atoms with Crippen molar-refractivity contribution in [3.05, 3.63) is 53.4 Å². The van der Waals surface area contributed by atoms with Crippen molar-refractivity contribution in [2.45, 2.75) is 19.9 Å². The van der Waals surface area contributed by atoms with Crippen molar-refractivity contribution >= 4 is 0 Å². The Morgan fingerprint density at radius 1 is 1.39 bits per heavy atom. The zero-order chi connectivity index (χ0) is 13.0. The van der Waals surface area contributed by atoms with Crippen LogP contribution in [0.1, 0.15) is 23.9 Å². The first-order chi connectivity index (χ1) is 8.70. The lowest BCUT2D eigenvalue weighted by Crippen LogP contribution is -2.12. The lowest BCUT2D eigenvalue weighted by molar-refractivity contribution is 0.608. The summed E-state index contributed by atoms with van der Waals surface area (Å²) in [5.41, 5.74) is 1.79. The molecule has 0 aliphatic heterocycles. The van der Waals surface area contributed by atoms with Gasteiger partial charge in [0.05, 0.1) is 0 Å². The van der Waals surface area contributed by atoms with Crippen molar-refractivity contribution in [2.24, 2.45) is 7.05 Å². The molecule has 1 aromatic heterocycles. The number of hydrogen-bond acceptors (Lipinski definition) is 2. The molecular formula is C14H18FN3. The second kappa shape index (κ2) is 5.78. The summed E-state index contributed by atoms with van der Waals surface area (Å²) in [5.74, 6) is 0.702. The number of nitrogens with one attached hydrogen (secondary N) is 1. The van der Waals surface area contributed by atoms with E-state index in [1.165, 1.54) is 6.07 Å². The van der Waals surface area contributed by atoms with E-state index in [1.54, 1.807) is 6.20 Å². The van der Waals surface area contributed by atoms with Crippen LogP contribution in [0.15, 0.2) is 30.6 Å². The van der Waals surface area contributed by atoms with Crippen LogP contribution in [0.3, 0.4) is 0 Å². The molecule has 0 bridgehead atoms. The number of benzene rings is 1. The summed E-state index contributed by atoms with van der Waals surface area (Å²) in [6, 6.07) is 5.26. The van der Waals surface area contributed by atoms with Gasteiger partial charge in [-0.25, -0.2) is 9.37 Å². The first kappa shape index (κ1) is 12.8. The van der Waals surface area contributed by atoms with Crippen molar-refractivity contribution in [2.75, 3.05) is 6.54 Å². The van der Waals surface area contributed by atoms with E-state index in [9.17, 15) is 4.39 Å². The molecule has 0 aliphatic rings. The summed E-state index contributed by atoms with van der Waals surface area (Å²) in [7, 11) is 1.92. The highest BCUT2D eigenvalue weighted by Crippen LogP contribution is 2.14. The van der Waals surface area contributed by atoms with Crippen LogP contribution in [0.5, 0.6) is 0 Å². The number of aromatic nitrogens is 2. The molecule has 0 atom stereocenters. The Morgan fingerprint density at radius 3 is 2.89 bits per heavy atom. The van der Waals surface area contributed by atoms with Crippen LogP contribution < -0.4 is 5.32 Å². The molecular weight excluding hydrogens is 229 g/mol. The lowest BCUT2D eigenvalue weighted by atomic mass is 10.1. The van der Waals surface area contributed by atoms with E-state index in [-0.39, 0.29) is 5.82 Å². The van der Waals surface area contributed by atoms with Crippen molar-refractivity contribution < 1.29 is 4.39 Å². The zero-order valence-electron chi connectivity index (χ0n) is 10.8. The summed E-state index contributed by atoms with van der Waals surface area (Å²) < 4.78 is 15.7. The van der Waals surface area contributed by atoms with E-state index in [0.717, 1.165) is 24.5 Å². The van der Waals surface area contributed by atoms with Crippen LogP contribution in [0.2, 0.25) is 0 Å². The molecule has 0 saturated heterocycles. The second-order valence-corrected chi connectivity index (χ2v) is 4.34. The van der Waals surface area contributed by atoms with E-state index in [2.05, 4.69) is 17.2 Å². The van der Waals surface area contributed by atoms with Gasteiger partial charge in [0.25, 0.3) is 0 Å². The van der Waals surface area contributed by atoms with Crippen molar-refractivity contribution in [3.8, 4) is 0 Å². The molecule has 0 saturated carbocycles. The summed E-state index contributed by atoms with van der Waals surface area (Å²) in [5, 5.41) is 3.24. The number of nitrogens with zero attached hydrogens (tertiary/aromatic N) is 2. The zero-order valence-corrected chi connectivity index (χ0v) is 10.8. The highest BCUT2D eigenvalue weighted by atomic mass is 19.1. The van der Waals surface area contributed by atoms with Gasteiger partial charge in [0, 0.05) is 32.4 Å². The minimum absolute atomic E-state index is 0.168. The van der Waals surface area contributed by atoms with Crippen LogP contribution in [0, 0.1) is 5.82 Å². The molecule has 3 nitrogen and oxygen atoms in total. The molecule has 18 heavy (non-hydrogen) atoms. The van der Waals surface area contributed by atoms with Gasteiger partial charge >= 0.3 is 0 Å². The Bertz CT molecular complexity index is 520. The van der Waals surface area contributed by atoms with E-state index in [4.69, 9.17) is 0 Å². The third-order valence-electron chi connectivity index (χ3n) is 2.96. The third-order valence-corrected chi connectivity index (χ3v) is 2.96. The molecule has 0 amide bonds. The van der Waals surface area contributed by atoms with Gasteiger partial charge in [-0.2, -0.15) is 0 Å². The number of imidazole rings is 1. The van der Waals surface area contributed by atoms with Gasteiger partial charge in [-0.1, -0.05) is 19.1 Å².